The first kappa shape index (κ1) is 13.0. The molecular formula is C12H27N. The van der Waals surface area contributed by atoms with Crippen molar-refractivity contribution in [1.82, 2.24) is 4.90 Å². The summed E-state index contributed by atoms with van der Waals surface area (Å²) in [5.74, 6) is 0.925. The largest absolute Gasteiger partial charge is 0.303 e. The average Bonchev–Trinajstić information content (AvgIpc) is 2.15. The van der Waals surface area contributed by atoms with Gasteiger partial charge in [0.15, 0.2) is 0 Å². The van der Waals surface area contributed by atoms with Gasteiger partial charge in [0.25, 0.3) is 0 Å². The van der Waals surface area contributed by atoms with Gasteiger partial charge < -0.3 is 4.90 Å². The molecule has 0 saturated carbocycles. The van der Waals surface area contributed by atoms with Crippen molar-refractivity contribution >= 4 is 0 Å². The normalized spacial score (nSPS) is 29.3. The standard InChI is InChI=1S/C10H21N.C2H6/c1-4-6-10-9(2)7-5-8-11(10)3;1-2/h9-10H,4-8H2,1-3H3;1-2H3. The molecule has 2 unspecified atom stereocenters. The minimum atomic E-state index is 0.869. The average molecular weight is 185 g/mol. The van der Waals surface area contributed by atoms with Crippen molar-refractivity contribution in [2.45, 2.75) is 59.4 Å². The molecule has 1 heteroatoms. The summed E-state index contributed by atoms with van der Waals surface area (Å²) in [5.41, 5.74) is 0. The Morgan fingerprint density at radius 2 is 1.92 bits per heavy atom. The van der Waals surface area contributed by atoms with E-state index < -0.39 is 0 Å². The second-order valence-corrected chi connectivity index (χ2v) is 3.96. The number of hydrogen-bond donors (Lipinski definition) is 0. The summed E-state index contributed by atoms with van der Waals surface area (Å²) < 4.78 is 0. The third-order valence-electron chi connectivity index (χ3n) is 2.98. The van der Waals surface area contributed by atoms with Crippen LogP contribution in [0.3, 0.4) is 0 Å². The lowest BCUT2D eigenvalue weighted by atomic mass is 9.88. The molecule has 13 heavy (non-hydrogen) atoms. The SMILES string of the molecule is CC.CCCC1C(C)CCCN1C. The van der Waals surface area contributed by atoms with Crippen LogP contribution in [0.5, 0.6) is 0 Å². The Bertz CT molecular complexity index is 102. The van der Waals surface area contributed by atoms with Crippen molar-refractivity contribution in [2.24, 2.45) is 5.92 Å². The highest BCUT2D eigenvalue weighted by atomic mass is 15.1. The Morgan fingerprint density at radius 3 is 2.38 bits per heavy atom. The molecule has 0 aliphatic carbocycles. The molecule has 0 N–H and O–H groups in total. The fourth-order valence-electron chi connectivity index (χ4n) is 2.26. The van der Waals surface area contributed by atoms with E-state index in [4.69, 9.17) is 0 Å². The number of nitrogens with zero attached hydrogens (tertiary/aromatic N) is 1. The molecular weight excluding hydrogens is 158 g/mol. The van der Waals surface area contributed by atoms with Crippen LogP contribution in [0.25, 0.3) is 0 Å². The van der Waals surface area contributed by atoms with E-state index in [0.717, 1.165) is 12.0 Å². The summed E-state index contributed by atoms with van der Waals surface area (Å²) >= 11 is 0. The van der Waals surface area contributed by atoms with Gasteiger partial charge in [-0.3, -0.25) is 0 Å². The molecule has 0 bridgehead atoms. The molecule has 1 fully saturated rings. The van der Waals surface area contributed by atoms with Gasteiger partial charge in [-0.05, 0) is 38.8 Å². The Morgan fingerprint density at radius 1 is 1.31 bits per heavy atom. The second kappa shape index (κ2) is 7.37. The van der Waals surface area contributed by atoms with Crippen molar-refractivity contribution in [3.8, 4) is 0 Å². The van der Waals surface area contributed by atoms with Crippen molar-refractivity contribution < 1.29 is 0 Å². The molecule has 1 aliphatic rings. The second-order valence-electron chi connectivity index (χ2n) is 3.96. The molecule has 0 amide bonds. The molecule has 80 valence electrons. The van der Waals surface area contributed by atoms with Gasteiger partial charge in [-0.15, -0.1) is 0 Å². The monoisotopic (exact) mass is 185 g/mol. The minimum absolute atomic E-state index is 0.869. The summed E-state index contributed by atoms with van der Waals surface area (Å²) in [4.78, 5) is 2.54. The van der Waals surface area contributed by atoms with Crippen LogP contribution in [0.4, 0.5) is 0 Å². The molecule has 0 spiro atoms. The van der Waals surface area contributed by atoms with Gasteiger partial charge in [-0.1, -0.05) is 34.1 Å². The number of rotatable bonds is 2. The number of likely N-dealkylation sites (tertiary alicyclic amines) is 1. The quantitative estimate of drug-likeness (QED) is 0.636. The Hall–Kier alpha value is -0.0400. The van der Waals surface area contributed by atoms with E-state index in [1.54, 1.807) is 0 Å². The van der Waals surface area contributed by atoms with Gasteiger partial charge in [-0.25, -0.2) is 0 Å². The van der Waals surface area contributed by atoms with Crippen molar-refractivity contribution in [3.05, 3.63) is 0 Å². The third-order valence-corrected chi connectivity index (χ3v) is 2.98. The molecule has 1 heterocycles. The maximum absolute atomic E-state index is 2.54. The van der Waals surface area contributed by atoms with Gasteiger partial charge in [0.1, 0.15) is 0 Å². The highest BCUT2D eigenvalue weighted by molar-refractivity contribution is 4.79. The summed E-state index contributed by atoms with van der Waals surface area (Å²) in [6.45, 7) is 10.0. The van der Waals surface area contributed by atoms with Gasteiger partial charge in [-0.2, -0.15) is 0 Å². The van der Waals surface area contributed by atoms with Gasteiger partial charge in [0.05, 0.1) is 0 Å². The maximum Gasteiger partial charge on any atom is 0.0118 e. The van der Waals surface area contributed by atoms with Crippen LogP contribution in [-0.4, -0.2) is 24.5 Å². The van der Waals surface area contributed by atoms with Crippen LogP contribution in [0.15, 0.2) is 0 Å². The van der Waals surface area contributed by atoms with Crippen LogP contribution in [0, 0.1) is 5.92 Å². The molecule has 1 nitrogen and oxygen atoms in total. The molecule has 1 saturated heterocycles. The molecule has 0 aromatic carbocycles. The first-order valence-electron chi connectivity index (χ1n) is 5.96. The zero-order chi connectivity index (χ0) is 10.3. The van der Waals surface area contributed by atoms with E-state index in [0.29, 0.717) is 0 Å². The molecule has 2 atom stereocenters. The number of hydrogen-bond acceptors (Lipinski definition) is 1. The Balaban J connectivity index is 0.000000671. The molecule has 1 aliphatic heterocycles. The van der Waals surface area contributed by atoms with Crippen molar-refractivity contribution in [3.63, 3.8) is 0 Å². The fraction of sp³-hybridized carbons (Fsp3) is 1.00. The predicted octanol–water partition coefficient (Wildman–Crippen LogP) is 3.54. The van der Waals surface area contributed by atoms with E-state index >= 15 is 0 Å². The van der Waals surface area contributed by atoms with E-state index in [-0.39, 0.29) is 0 Å². The van der Waals surface area contributed by atoms with E-state index in [2.05, 4.69) is 25.8 Å². The summed E-state index contributed by atoms with van der Waals surface area (Å²) in [5, 5.41) is 0. The molecule has 0 aromatic rings. The fourth-order valence-corrected chi connectivity index (χ4v) is 2.26. The van der Waals surface area contributed by atoms with E-state index in [1.807, 2.05) is 13.8 Å². The van der Waals surface area contributed by atoms with E-state index in [1.165, 1.54) is 32.2 Å². The van der Waals surface area contributed by atoms with Crippen LogP contribution < -0.4 is 0 Å². The van der Waals surface area contributed by atoms with E-state index in [9.17, 15) is 0 Å². The van der Waals surface area contributed by atoms with Crippen LogP contribution in [0.2, 0.25) is 0 Å². The van der Waals surface area contributed by atoms with Crippen LogP contribution in [-0.2, 0) is 0 Å². The molecule has 0 aromatic heterocycles. The smallest absolute Gasteiger partial charge is 0.0118 e. The Labute approximate surface area is 84.5 Å². The van der Waals surface area contributed by atoms with Gasteiger partial charge >= 0.3 is 0 Å². The summed E-state index contributed by atoms with van der Waals surface area (Å²) in [6, 6.07) is 0.869. The van der Waals surface area contributed by atoms with Crippen molar-refractivity contribution in [2.75, 3.05) is 13.6 Å². The van der Waals surface area contributed by atoms with Crippen LogP contribution in [0.1, 0.15) is 53.4 Å². The van der Waals surface area contributed by atoms with Gasteiger partial charge in [0.2, 0.25) is 0 Å². The predicted molar refractivity (Wildman–Crippen MR) is 61.1 cm³/mol. The maximum atomic E-state index is 2.54. The zero-order valence-corrected chi connectivity index (χ0v) is 10.1. The zero-order valence-electron chi connectivity index (χ0n) is 10.1. The van der Waals surface area contributed by atoms with Crippen LogP contribution >= 0.6 is 0 Å². The Kier molecular flexibility index (Phi) is 7.35. The van der Waals surface area contributed by atoms with Gasteiger partial charge in [0, 0.05) is 6.04 Å². The third kappa shape index (κ3) is 4.12. The minimum Gasteiger partial charge on any atom is -0.303 e. The first-order chi connectivity index (χ1) is 6.25. The van der Waals surface area contributed by atoms with Crippen molar-refractivity contribution in [1.29, 1.82) is 0 Å². The highest BCUT2D eigenvalue weighted by Crippen LogP contribution is 2.24. The lowest BCUT2D eigenvalue weighted by Crippen LogP contribution is -2.41. The first-order valence-corrected chi connectivity index (χ1v) is 5.96. The summed E-state index contributed by atoms with van der Waals surface area (Å²) in [6.07, 6.45) is 5.56. The highest BCUT2D eigenvalue weighted by Gasteiger charge is 2.24. The lowest BCUT2D eigenvalue weighted by molar-refractivity contribution is 0.122. The molecule has 1 rings (SSSR count). The lowest BCUT2D eigenvalue weighted by Gasteiger charge is -2.37. The molecule has 0 radical (unpaired) electrons. The topological polar surface area (TPSA) is 3.24 Å². The summed E-state index contributed by atoms with van der Waals surface area (Å²) in [7, 11) is 2.27. The number of piperidine rings is 1.